The number of benzene rings is 1. The van der Waals surface area contributed by atoms with Gasteiger partial charge in [0.05, 0.1) is 5.71 Å². The Labute approximate surface area is 127 Å². The summed E-state index contributed by atoms with van der Waals surface area (Å²) in [5, 5.41) is 13.8. The number of hydrogen-bond acceptors (Lipinski definition) is 4. The van der Waals surface area contributed by atoms with Crippen LogP contribution < -0.4 is 0 Å². The van der Waals surface area contributed by atoms with E-state index in [1.165, 1.54) is 11.1 Å². The Morgan fingerprint density at radius 3 is 2.63 bits per heavy atom. The highest BCUT2D eigenvalue weighted by Gasteiger charge is 2.18. The molecule has 1 aromatic carbocycles. The fraction of sp³-hybridized carbons (Fsp3) is 0.308. The van der Waals surface area contributed by atoms with Crippen LogP contribution in [-0.2, 0) is 6.42 Å². The second-order valence-corrected chi connectivity index (χ2v) is 5.21. The first-order valence-corrected chi connectivity index (χ1v) is 6.98. The third kappa shape index (κ3) is 2.74. The topological polar surface area (TPSA) is 43.1 Å². The second-order valence-electron chi connectivity index (χ2n) is 4.27. The standard InChI is InChI=1S/C13H14N4S.BrH/c1-3-12-14-15-13-17(12)16-11(8-18-13)10-6-4-9(2)5-7-10;/h4-7H,3,8H2,1-2H3;1H. The normalized spacial score (nSPS) is 13.5. The van der Waals surface area contributed by atoms with Gasteiger partial charge in [0.15, 0.2) is 5.82 Å². The molecule has 6 heteroatoms. The fourth-order valence-electron chi connectivity index (χ4n) is 1.88. The van der Waals surface area contributed by atoms with Crippen molar-refractivity contribution < 1.29 is 0 Å². The molecular weight excluding hydrogens is 324 g/mol. The molecule has 1 aliphatic rings. The van der Waals surface area contributed by atoms with E-state index < -0.39 is 0 Å². The summed E-state index contributed by atoms with van der Waals surface area (Å²) in [5.74, 6) is 1.77. The van der Waals surface area contributed by atoms with E-state index in [4.69, 9.17) is 0 Å². The molecule has 2 aromatic rings. The summed E-state index contributed by atoms with van der Waals surface area (Å²) in [6, 6.07) is 8.47. The Morgan fingerprint density at radius 1 is 1.21 bits per heavy atom. The first-order chi connectivity index (χ1) is 8.78. The second kappa shape index (κ2) is 5.88. The maximum absolute atomic E-state index is 4.66. The Kier molecular flexibility index (Phi) is 4.42. The molecule has 0 fully saturated rings. The molecular formula is C13H15BrN4S. The molecule has 2 heterocycles. The summed E-state index contributed by atoms with van der Waals surface area (Å²) in [6.07, 6.45) is 0.845. The summed E-state index contributed by atoms with van der Waals surface area (Å²) < 4.78 is 1.86. The van der Waals surface area contributed by atoms with E-state index in [0.717, 1.165) is 28.9 Å². The van der Waals surface area contributed by atoms with Gasteiger partial charge in [0, 0.05) is 12.2 Å². The molecule has 0 saturated carbocycles. The number of aromatic nitrogens is 3. The average molecular weight is 339 g/mol. The van der Waals surface area contributed by atoms with Crippen molar-refractivity contribution in [2.75, 3.05) is 5.75 Å². The summed E-state index contributed by atoms with van der Waals surface area (Å²) in [6.45, 7) is 4.16. The zero-order valence-corrected chi connectivity index (χ0v) is 13.4. The molecule has 0 radical (unpaired) electrons. The van der Waals surface area contributed by atoms with Gasteiger partial charge in [0.2, 0.25) is 5.16 Å². The van der Waals surface area contributed by atoms with Gasteiger partial charge in [-0.3, -0.25) is 0 Å². The molecule has 0 spiro atoms. The molecule has 3 rings (SSSR count). The molecule has 0 atom stereocenters. The number of fused-ring (bicyclic) bond motifs is 1. The van der Waals surface area contributed by atoms with Crippen LogP contribution >= 0.6 is 28.7 Å². The lowest BCUT2D eigenvalue weighted by Crippen LogP contribution is -2.14. The third-order valence-electron chi connectivity index (χ3n) is 2.94. The molecule has 0 saturated heterocycles. The van der Waals surface area contributed by atoms with E-state index in [2.05, 4.69) is 53.4 Å². The van der Waals surface area contributed by atoms with Crippen molar-refractivity contribution in [3.63, 3.8) is 0 Å². The van der Waals surface area contributed by atoms with Crippen molar-refractivity contribution in [1.29, 1.82) is 0 Å². The van der Waals surface area contributed by atoms with Gasteiger partial charge in [0.1, 0.15) is 0 Å². The Balaban J connectivity index is 0.00000133. The molecule has 0 aliphatic carbocycles. The minimum absolute atomic E-state index is 0. The summed E-state index contributed by atoms with van der Waals surface area (Å²) in [5.41, 5.74) is 3.53. The van der Waals surface area contributed by atoms with Crippen LogP contribution in [0.3, 0.4) is 0 Å². The molecule has 0 unspecified atom stereocenters. The minimum Gasteiger partial charge on any atom is -0.191 e. The third-order valence-corrected chi connectivity index (χ3v) is 3.87. The predicted molar refractivity (Wildman–Crippen MR) is 83.6 cm³/mol. The lowest BCUT2D eigenvalue weighted by molar-refractivity contribution is 0.714. The molecule has 1 aliphatic heterocycles. The number of halogens is 1. The lowest BCUT2D eigenvalue weighted by Gasteiger charge is -2.13. The van der Waals surface area contributed by atoms with E-state index in [1.807, 2.05) is 4.68 Å². The predicted octanol–water partition coefficient (Wildman–Crippen LogP) is 3.08. The number of rotatable bonds is 2. The zero-order valence-electron chi connectivity index (χ0n) is 10.8. The molecule has 0 N–H and O–H groups in total. The van der Waals surface area contributed by atoms with Gasteiger partial charge < -0.3 is 0 Å². The van der Waals surface area contributed by atoms with Crippen LogP contribution in [0.2, 0.25) is 0 Å². The smallest absolute Gasteiger partial charge is 0.191 e. The number of aryl methyl sites for hydroxylation is 2. The largest absolute Gasteiger partial charge is 0.212 e. The first kappa shape index (κ1) is 14.3. The van der Waals surface area contributed by atoms with E-state index in [-0.39, 0.29) is 17.0 Å². The van der Waals surface area contributed by atoms with Gasteiger partial charge >= 0.3 is 0 Å². The summed E-state index contributed by atoms with van der Waals surface area (Å²) in [4.78, 5) is 0. The van der Waals surface area contributed by atoms with Crippen molar-refractivity contribution >= 4 is 34.5 Å². The molecule has 100 valence electrons. The molecule has 0 amide bonds. The maximum Gasteiger partial charge on any atom is 0.212 e. The highest BCUT2D eigenvalue weighted by Crippen LogP contribution is 2.24. The van der Waals surface area contributed by atoms with Crippen molar-refractivity contribution in [3.05, 3.63) is 41.2 Å². The number of nitrogens with zero attached hydrogens (tertiary/aromatic N) is 4. The van der Waals surface area contributed by atoms with Crippen LogP contribution in [0.1, 0.15) is 23.9 Å². The Hall–Kier alpha value is -1.14. The molecule has 0 bridgehead atoms. The van der Waals surface area contributed by atoms with Crippen molar-refractivity contribution in [1.82, 2.24) is 14.9 Å². The van der Waals surface area contributed by atoms with Crippen LogP contribution in [0.4, 0.5) is 0 Å². The van der Waals surface area contributed by atoms with Gasteiger partial charge in [0.25, 0.3) is 0 Å². The van der Waals surface area contributed by atoms with Crippen LogP contribution in [0.15, 0.2) is 34.5 Å². The minimum atomic E-state index is 0. The SMILES string of the molecule is Br.CCc1nnc2n1N=C(c1ccc(C)cc1)CS2. The van der Waals surface area contributed by atoms with Gasteiger partial charge in [-0.25, -0.2) is 0 Å². The Morgan fingerprint density at radius 2 is 1.95 bits per heavy atom. The van der Waals surface area contributed by atoms with Gasteiger partial charge in [-0.05, 0) is 12.5 Å². The van der Waals surface area contributed by atoms with Crippen molar-refractivity contribution in [2.24, 2.45) is 5.10 Å². The summed E-state index contributed by atoms with van der Waals surface area (Å²) >= 11 is 1.69. The van der Waals surface area contributed by atoms with Gasteiger partial charge in [-0.1, -0.05) is 48.5 Å². The van der Waals surface area contributed by atoms with E-state index in [0.29, 0.717) is 0 Å². The van der Waals surface area contributed by atoms with Gasteiger partial charge in [-0.2, -0.15) is 9.78 Å². The lowest BCUT2D eigenvalue weighted by atomic mass is 10.1. The monoisotopic (exact) mass is 338 g/mol. The van der Waals surface area contributed by atoms with Crippen molar-refractivity contribution in [3.8, 4) is 0 Å². The highest BCUT2D eigenvalue weighted by atomic mass is 79.9. The highest BCUT2D eigenvalue weighted by molar-refractivity contribution is 8.93. The molecule has 1 aromatic heterocycles. The maximum atomic E-state index is 4.66. The number of hydrogen-bond donors (Lipinski definition) is 0. The van der Waals surface area contributed by atoms with E-state index >= 15 is 0 Å². The van der Waals surface area contributed by atoms with Crippen LogP contribution in [0, 0.1) is 6.92 Å². The van der Waals surface area contributed by atoms with E-state index in [1.54, 1.807) is 11.8 Å². The van der Waals surface area contributed by atoms with Crippen LogP contribution in [-0.4, -0.2) is 26.3 Å². The summed E-state index contributed by atoms with van der Waals surface area (Å²) in [7, 11) is 0. The molecule has 19 heavy (non-hydrogen) atoms. The van der Waals surface area contributed by atoms with Crippen LogP contribution in [0.25, 0.3) is 0 Å². The quantitative estimate of drug-likeness (QED) is 0.844. The van der Waals surface area contributed by atoms with Crippen LogP contribution in [0.5, 0.6) is 0 Å². The first-order valence-electron chi connectivity index (χ1n) is 6.00. The Bertz CT molecular complexity index is 604. The average Bonchev–Trinajstić information content (AvgIpc) is 2.81. The molecule has 4 nitrogen and oxygen atoms in total. The van der Waals surface area contributed by atoms with Gasteiger partial charge in [-0.15, -0.1) is 27.2 Å². The zero-order chi connectivity index (χ0) is 12.5. The fourth-order valence-corrected chi connectivity index (χ4v) is 2.73. The number of thioether (sulfide) groups is 1. The van der Waals surface area contributed by atoms with Crippen molar-refractivity contribution in [2.45, 2.75) is 25.4 Å². The van der Waals surface area contributed by atoms with E-state index in [9.17, 15) is 0 Å².